The second kappa shape index (κ2) is 6.83. The first-order chi connectivity index (χ1) is 8.90. The number of allylic oxidation sites excluding steroid dienone is 1. The van der Waals surface area contributed by atoms with Crippen molar-refractivity contribution in [3.05, 3.63) is 41.6 Å². The van der Waals surface area contributed by atoms with Crippen LogP contribution < -0.4 is 15.6 Å². The smallest absolute Gasteiger partial charge is 0.276 e. The summed E-state index contributed by atoms with van der Waals surface area (Å²) < 4.78 is 5.59. The minimum atomic E-state index is -0.237. The van der Waals surface area contributed by atoms with Gasteiger partial charge in [0.15, 0.2) is 6.61 Å². The van der Waals surface area contributed by atoms with Crippen molar-refractivity contribution in [1.82, 2.24) is 10.9 Å². The van der Waals surface area contributed by atoms with E-state index >= 15 is 0 Å². The number of hydrogen-bond donors (Lipinski definition) is 2. The van der Waals surface area contributed by atoms with Crippen molar-refractivity contribution >= 4 is 5.91 Å². The lowest BCUT2D eigenvalue weighted by Crippen LogP contribution is -2.38. The standard InChI is InChI=1S/C15H22N2O2/c1-10(2)13-7-6-12(5)8-14(13)19-9-15(18)17-16-11(3)4/h6-8,10,16H,3,9H2,1-2,4-5H3,(H,17,18). The lowest BCUT2D eigenvalue weighted by molar-refractivity contribution is -0.123. The van der Waals surface area contributed by atoms with Gasteiger partial charge in [-0.25, -0.2) is 0 Å². The van der Waals surface area contributed by atoms with Gasteiger partial charge < -0.3 is 10.2 Å². The Balaban J connectivity index is 2.64. The van der Waals surface area contributed by atoms with Crippen molar-refractivity contribution in [2.75, 3.05) is 6.61 Å². The number of amides is 1. The van der Waals surface area contributed by atoms with Crippen LogP contribution in [0.15, 0.2) is 30.5 Å². The molecule has 0 bridgehead atoms. The lowest BCUT2D eigenvalue weighted by Gasteiger charge is -2.15. The lowest BCUT2D eigenvalue weighted by atomic mass is 10.0. The van der Waals surface area contributed by atoms with Gasteiger partial charge in [-0.2, -0.15) is 0 Å². The van der Waals surface area contributed by atoms with Gasteiger partial charge in [0.05, 0.1) is 0 Å². The van der Waals surface area contributed by atoms with Crippen LogP contribution in [0.5, 0.6) is 5.75 Å². The molecule has 0 saturated heterocycles. The van der Waals surface area contributed by atoms with E-state index < -0.39 is 0 Å². The number of aryl methyl sites for hydroxylation is 1. The molecule has 1 aromatic carbocycles. The zero-order chi connectivity index (χ0) is 14.4. The molecule has 0 atom stereocenters. The highest BCUT2D eigenvalue weighted by molar-refractivity contribution is 5.77. The monoisotopic (exact) mass is 262 g/mol. The third-order valence-corrected chi connectivity index (χ3v) is 2.57. The van der Waals surface area contributed by atoms with E-state index in [2.05, 4.69) is 31.3 Å². The molecule has 19 heavy (non-hydrogen) atoms. The van der Waals surface area contributed by atoms with E-state index in [0.717, 1.165) is 16.9 Å². The SMILES string of the molecule is C=C(C)NNC(=O)COc1cc(C)ccc1C(C)C. The summed E-state index contributed by atoms with van der Waals surface area (Å²) in [7, 11) is 0. The minimum absolute atomic E-state index is 0.0244. The Morgan fingerprint density at radius 3 is 2.63 bits per heavy atom. The van der Waals surface area contributed by atoms with Gasteiger partial charge in [-0.15, -0.1) is 0 Å². The fourth-order valence-electron chi connectivity index (χ4n) is 1.60. The molecule has 0 aliphatic carbocycles. The molecule has 0 aromatic heterocycles. The van der Waals surface area contributed by atoms with Crippen LogP contribution in [0.4, 0.5) is 0 Å². The molecule has 0 radical (unpaired) electrons. The number of carbonyl (C=O) groups excluding carboxylic acids is 1. The highest BCUT2D eigenvalue weighted by atomic mass is 16.5. The van der Waals surface area contributed by atoms with Gasteiger partial charge in [0.2, 0.25) is 0 Å². The van der Waals surface area contributed by atoms with E-state index in [1.54, 1.807) is 6.92 Å². The van der Waals surface area contributed by atoms with E-state index in [1.165, 1.54) is 0 Å². The summed E-state index contributed by atoms with van der Waals surface area (Å²) in [6, 6.07) is 6.04. The van der Waals surface area contributed by atoms with Crippen molar-refractivity contribution < 1.29 is 9.53 Å². The van der Waals surface area contributed by atoms with Crippen LogP contribution in [0.2, 0.25) is 0 Å². The number of rotatable bonds is 6. The molecule has 0 spiro atoms. The zero-order valence-electron chi connectivity index (χ0n) is 12.0. The fourth-order valence-corrected chi connectivity index (χ4v) is 1.60. The average Bonchev–Trinajstić information content (AvgIpc) is 2.33. The maximum Gasteiger partial charge on any atom is 0.276 e. The molecule has 0 heterocycles. The minimum Gasteiger partial charge on any atom is -0.483 e. The number of benzene rings is 1. The Hall–Kier alpha value is -1.97. The van der Waals surface area contributed by atoms with Crippen LogP contribution in [-0.2, 0) is 4.79 Å². The van der Waals surface area contributed by atoms with Crippen LogP contribution in [0.1, 0.15) is 37.8 Å². The molecule has 1 rings (SSSR count). The second-order valence-corrected chi connectivity index (χ2v) is 4.94. The molecule has 1 amide bonds. The summed E-state index contributed by atoms with van der Waals surface area (Å²) in [6.45, 7) is 11.6. The van der Waals surface area contributed by atoms with Crippen LogP contribution in [0.3, 0.4) is 0 Å². The number of hydrazine groups is 1. The van der Waals surface area contributed by atoms with E-state index in [4.69, 9.17) is 4.74 Å². The van der Waals surface area contributed by atoms with Crippen molar-refractivity contribution in [3.8, 4) is 5.75 Å². The molecule has 0 saturated carbocycles. The van der Waals surface area contributed by atoms with Crippen LogP contribution in [0.25, 0.3) is 0 Å². The number of hydrogen-bond acceptors (Lipinski definition) is 3. The van der Waals surface area contributed by atoms with E-state index in [1.807, 2.05) is 25.1 Å². The molecule has 0 aliphatic heterocycles. The molecule has 4 nitrogen and oxygen atoms in total. The first kappa shape index (κ1) is 15.1. The first-order valence-corrected chi connectivity index (χ1v) is 6.34. The van der Waals surface area contributed by atoms with Crippen molar-refractivity contribution in [3.63, 3.8) is 0 Å². The summed E-state index contributed by atoms with van der Waals surface area (Å²) in [6.07, 6.45) is 0. The van der Waals surface area contributed by atoms with Gasteiger partial charge in [0.25, 0.3) is 5.91 Å². The maximum atomic E-state index is 11.5. The van der Waals surface area contributed by atoms with Gasteiger partial charge in [0, 0.05) is 5.70 Å². The largest absolute Gasteiger partial charge is 0.483 e. The Labute approximate surface area is 114 Å². The second-order valence-electron chi connectivity index (χ2n) is 4.94. The van der Waals surface area contributed by atoms with Crippen LogP contribution >= 0.6 is 0 Å². The highest BCUT2D eigenvalue weighted by Crippen LogP contribution is 2.27. The Kier molecular flexibility index (Phi) is 5.42. The van der Waals surface area contributed by atoms with Gasteiger partial charge >= 0.3 is 0 Å². The third-order valence-electron chi connectivity index (χ3n) is 2.57. The molecule has 104 valence electrons. The van der Waals surface area contributed by atoms with Gasteiger partial charge in [0.1, 0.15) is 5.75 Å². The molecule has 2 N–H and O–H groups in total. The van der Waals surface area contributed by atoms with E-state index in [0.29, 0.717) is 11.6 Å². The molecule has 0 aliphatic rings. The molecular formula is C15H22N2O2. The predicted octanol–water partition coefficient (Wildman–Crippen LogP) is 2.65. The first-order valence-electron chi connectivity index (χ1n) is 6.34. The summed E-state index contributed by atoms with van der Waals surface area (Å²) in [4.78, 5) is 11.5. The Morgan fingerprint density at radius 2 is 2.05 bits per heavy atom. The van der Waals surface area contributed by atoms with Crippen molar-refractivity contribution in [2.45, 2.75) is 33.6 Å². The number of nitrogens with one attached hydrogen (secondary N) is 2. The summed E-state index contributed by atoms with van der Waals surface area (Å²) in [5.74, 6) is 0.881. The predicted molar refractivity (Wildman–Crippen MR) is 76.9 cm³/mol. The van der Waals surface area contributed by atoms with Gasteiger partial charge in [-0.1, -0.05) is 32.6 Å². The highest BCUT2D eigenvalue weighted by Gasteiger charge is 2.10. The quantitative estimate of drug-likeness (QED) is 0.775. The van der Waals surface area contributed by atoms with Crippen LogP contribution in [0, 0.1) is 6.92 Å². The summed E-state index contributed by atoms with van der Waals surface area (Å²) >= 11 is 0. The van der Waals surface area contributed by atoms with E-state index in [9.17, 15) is 4.79 Å². The number of ether oxygens (including phenoxy) is 1. The summed E-state index contributed by atoms with van der Waals surface area (Å²) in [5, 5.41) is 0. The fraction of sp³-hybridized carbons (Fsp3) is 0.400. The van der Waals surface area contributed by atoms with Crippen LogP contribution in [-0.4, -0.2) is 12.5 Å². The van der Waals surface area contributed by atoms with Gasteiger partial charge in [-0.05, 0) is 37.0 Å². The third kappa shape index (κ3) is 5.04. The Bertz CT molecular complexity index is 467. The molecule has 0 fully saturated rings. The average molecular weight is 262 g/mol. The van der Waals surface area contributed by atoms with Crippen molar-refractivity contribution in [2.24, 2.45) is 0 Å². The normalized spacial score (nSPS) is 10.2. The molecule has 4 heteroatoms. The van der Waals surface area contributed by atoms with Gasteiger partial charge in [-0.3, -0.25) is 10.2 Å². The Morgan fingerprint density at radius 1 is 1.37 bits per heavy atom. The maximum absolute atomic E-state index is 11.5. The molecule has 0 unspecified atom stereocenters. The van der Waals surface area contributed by atoms with Crippen molar-refractivity contribution in [1.29, 1.82) is 0 Å². The number of carbonyl (C=O) groups is 1. The summed E-state index contributed by atoms with van der Waals surface area (Å²) in [5.41, 5.74) is 8.05. The molecule has 1 aromatic rings. The zero-order valence-corrected chi connectivity index (χ0v) is 12.0. The topological polar surface area (TPSA) is 50.4 Å². The molecular weight excluding hydrogens is 240 g/mol. The van der Waals surface area contributed by atoms with E-state index in [-0.39, 0.29) is 12.5 Å².